The first-order chi connectivity index (χ1) is 4.34. The Labute approximate surface area is 53.0 Å². The molecule has 1 aromatic rings. The molecule has 0 fully saturated rings. The molecule has 1 N–H and O–H groups in total. The second-order valence-electron chi connectivity index (χ2n) is 1.54. The number of rotatable bonds is 0. The molecule has 0 unspecified atom stereocenters. The van der Waals surface area contributed by atoms with Crippen LogP contribution in [0.5, 0.6) is 5.75 Å². The Bertz CT molecular complexity index is 249. The van der Waals surface area contributed by atoms with Crippen LogP contribution in [0.1, 0.15) is 5.56 Å². The Kier molecular flexibility index (Phi) is 1.37. The second kappa shape index (κ2) is 2.19. The lowest BCUT2D eigenvalue weighted by atomic mass is 10.2. The molecule has 1 aromatic carbocycles. The fourth-order valence-corrected chi connectivity index (χ4v) is 0.518. The lowest BCUT2D eigenvalue weighted by Gasteiger charge is -1.89. The van der Waals surface area contributed by atoms with Gasteiger partial charge in [-0.1, -0.05) is 12.1 Å². The van der Waals surface area contributed by atoms with Gasteiger partial charge in [0, 0.05) is 6.07 Å². The maximum atomic E-state index is 8.83. The summed E-state index contributed by atoms with van der Waals surface area (Å²) in [5, 5.41) is 17.1. The average molecular weight is 118 g/mol. The van der Waals surface area contributed by atoms with Crippen LogP contribution in [-0.4, -0.2) is 5.11 Å². The van der Waals surface area contributed by atoms with Gasteiger partial charge in [-0.2, -0.15) is 5.26 Å². The molecule has 0 amide bonds. The van der Waals surface area contributed by atoms with Crippen molar-refractivity contribution in [2.75, 3.05) is 0 Å². The topological polar surface area (TPSA) is 44.0 Å². The van der Waals surface area contributed by atoms with E-state index in [2.05, 4.69) is 6.07 Å². The first kappa shape index (κ1) is 5.64. The normalized spacial score (nSPS) is 8.33. The first-order valence-electron chi connectivity index (χ1n) is 2.44. The van der Waals surface area contributed by atoms with Crippen LogP contribution < -0.4 is 0 Å². The van der Waals surface area contributed by atoms with E-state index in [1.165, 1.54) is 6.07 Å². The molecule has 0 spiro atoms. The molecule has 9 heavy (non-hydrogen) atoms. The van der Waals surface area contributed by atoms with Crippen LogP contribution in [0.2, 0.25) is 0 Å². The van der Waals surface area contributed by atoms with Gasteiger partial charge in [-0.05, 0) is 6.07 Å². The lowest BCUT2D eigenvalue weighted by molar-refractivity contribution is 0.472. The van der Waals surface area contributed by atoms with Crippen LogP contribution in [0.25, 0.3) is 0 Å². The van der Waals surface area contributed by atoms with Gasteiger partial charge in [0.1, 0.15) is 11.8 Å². The summed E-state index contributed by atoms with van der Waals surface area (Å²) < 4.78 is 0. The minimum atomic E-state index is -0.0833. The monoisotopic (exact) mass is 118 g/mol. The molecule has 2 heteroatoms. The fraction of sp³-hybridized carbons (Fsp3) is 0. The van der Waals surface area contributed by atoms with E-state index in [1.807, 2.05) is 6.07 Å². The van der Waals surface area contributed by atoms with Crippen molar-refractivity contribution < 1.29 is 5.11 Å². The van der Waals surface area contributed by atoms with Gasteiger partial charge in [0.25, 0.3) is 0 Å². The minimum absolute atomic E-state index is 0.0833. The SMILES string of the molecule is N#Cc1ccc[c]c1O. The fourth-order valence-electron chi connectivity index (χ4n) is 0.518. The Morgan fingerprint density at radius 3 is 2.89 bits per heavy atom. The van der Waals surface area contributed by atoms with Crippen LogP contribution in [0.4, 0.5) is 0 Å². The number of para-hydroxylation sites is 1. The highest BCUT2D eigenvalue weighted by molar-refractivity contribution is 5.40. The van der Waals surface area contributed by atoms with E-state index in [0.717, 1.165) is 0 Å². The van der Waals surface area contributed by atoms with E-state index < -0.39 is 0 Å². The summed E-state index contributed by atoms with van der Waals surface area (Å²) in [6.07, 6.45) is 0. The highest BCUT2D eigenvalue weighted by Crippen LogP contribution is 2.11. The molecule has 1 rings (SSSR count). The van der Waals surface area contributed by atoms with E-state index in [0.29, 0.717) is 0 Å². The van der Waals surface area contributed by atoms with Crippen molar-refractivity contribution in [1.29, 1.82) is 5.26 Å². The molecule has 1 radical (unpaired) electrons. The first-order valence-corrected chi connectivity index (χ1v) is 2.44. The predicted octanol–water partition coefficient (Wildman–Crippen LogP) is 1.06. The van der Waals surface area contributed by atoms with E-state index in [-0.39, 0.29) is 11.3 Å². The van der Waals surface area contributed by atoms with Gasteiger partial charge in [0.05, 0.1) is 5.56 Å². The zero-order valence-corrected chi connectivity index (χ0v) is 4.63. The number of nitriles is 1. The van der Waals surface area contributed by atoms with Crippen LogP contribution in [0.15, 0.2) is 18.2 Å². The second-order valence-corrected chi connectivity index (χ2v) is 1.54. The van der Waals surface area contributed by atoms with Crippen molar-refractivity contribution in [3.05, 3.63) is 29.8 Å². The van der Waals surface area contributed by atoms with Crippen LogP contribution in [0.3, 0.4) is 0 Å². The smallest absolute Gasteiger partial charge is 0.141 e. The van der Waals surface area contributed by atoms with Crippen LogP contribution >= 0.6 is 0 Å². The van der Waals surface area contributed by atoms with E-state index in [9.17, 15) is 0 Å². The number of phenolic OH excluding ortho intramolecular Hbond substituents is 1. The molecule has 0 aliphatic carbocycles. The number of aromatic hydroxyl groups is 1. The molecule has 0 heterocycles. The van der Waals surface area contributed by atoms with Crippen molar-refractivity contribution in [1.82, 2.24) is 0 Å². The maximum absolute atomic E-state index is 8.83. The third-order valence-corrected chi connectivity index (χ3v) is 0.955. The molecule has 0 aliphatic rings. The summed E-state index contributed by atoms with van der Waals surface area (Å²) in [6, 6.07) is 9.03. The average Bonchev–Trinajstić information content (AvgIpc) is 1.89. The van der Waals surface area contributed by atoms with Gasteiger partial charge in [-0.3, -0.25) is 0 Å². The van der Waals surface area contributed by atoms with Crippen molar-refractivity contribution >= 4 is 0 Å². The highest BCUT2D eigenvalue weighted by Gasteiger charge is 1.93. The molecule has 0 saturated carbocycles. The molecular formula is C7H4NO. The maximum Gasteiger partial charge on any atom is 0.141 e. The summed E-state index contributed by atoms with van der Waals surface area (Å²) >= 11 is 0. The van der Waals surface area contributed by atoms with Gasteiger partial charge in [0.2, 0.25) is 0 Å². The summed E-state index contributed by atoms with van der Waals surface area (Å²) in [5.74, 6) is -0.0833. The number of hydrogen-bond donors (Lipinski definition) is 1. The number of nitrogens with zero attached hydrogens (tertiary/aromatic N) is 1. The Balaban J connectivity index is 3.20. The molecular weight excluding hydrogens is 114 g/mol. The minimum Gasteiger partial charge on any atom is -0.506 e. The summed E-state index contributed by atoms with van der Waals surface area (Å²) in [4.78, 5) is 0. The van der Waals surface area contributed by atoms with Gasteiger partial charge >= 0.3 is 0 Å². The zero-order chi connectivity index (χ0) is 6.69. The molecule has 43 valence electrons. The van der Waals surface area contributed by atoms with E-state index >= 15 is 0 Å². The largest absolute Gasteiger partial charge is 0.506 e. The molecule has 2 nitrogen and oxygen atoms in total. The van der Waals surface area contributed by atoms with Gasteiger partial charge in [-0.25, -0.2) is 0 Å². The quantitative estimate of drug-likeness (QED) is 0.553. The van der Waals surface area contributed by atoms with Gasteiger partial charge in [0.15, 0.2) is 0 Å². The Morgan fingerprint density at radius 2 is 2.44 bits per heavy atom. The molecule has 0 bridgehead atoms. The summed E-state index contributed by atoms with van der Waals surface area (Å²) in [7, 11) is 0. The number of benzene rings is 1. The van der Waals surface area contributed by atoms with Crippen molar-refractivity contribution in [2.24, 2.45) is 0 Å². The standard InChI is InChI=1S/C7H4NO/c8-5-6-3-1-2-4-7(6)9/h1-3,9H. The summed E-state index contributed by atoms with van der Waals surface area (Å²) in [5.41, 5.74) is 0.262. The van der Waals surface area contributed by atoms with Crippen LogP contribution in [-0.2, 0) is 0 Å². The van der Waals surface area contributed by atoms with Crippen molar-refractivity contribution in [3.63, 3.8) is 0 Å². The third-order valence-electron chi connectivity index (χ3n) is 0.955. The molecule has 0 atom stereocenters. The van der Waals surface area contributed by atoms with Crippen molar-refractivity contribution in [2.45, 2.75) is 0 Å². The highest BCUT2D eigenvalue weighted by atomic mass is 16.3. The van der Waals surface area contributed by atoms with Crippen LogP contribution in [0, 0.1) is 17.4 Å². The van der Waals surface area contributed by atoms with Crippen molar-refractivity contribution in [3.8, 4) is 11.8 Å². The predicted molar refractivity (Wildman–Crippen MR) is 31.7 cm³/mol. The van der Waals surface area contributed by atoms with Gasteiger partial charge in [-0.15, -0.1) is 0 Å². The zero-order valence-electron chi connectivity index (χ0n) is 4.63. The Hall–Kier alpha value is -1.49. The van der Waals surface area contributed by atoms with E-state index in [1.54, 1.807) is 12.1 Å². The molecule has 0 aliphatic heterocycles. The lowest BCUT2D eigenvalue weighted by Crippen LogP contribution is -1.72. The van der Waals surface area contributed by atoms with Gasteiger partial charge < -0.3 is 5.11 Å². The van der Waals surface area contributed by atoms with E-state index in [4.69, 9.17) is 10.4 Å². The third kappa shape index (κ3) is 1.000. The molecule has 0 saturated heterocycles. The molecule has 0 aromatic heterocycles. The number of phenols is 1. The number of hydrogen-bond acceptors (Lipinski definition) is 2. The summed E-state index contributed by atoms with van der Waals surface area (Å²) in [6.45, 7) is 0. The Morgan fingerprint density at radius 1 is 1.67 bits per heavy atom.